The molecule has 6 nitrogen and oxygen atoms in total. The first-order valence-electron chi connectivity index (χ1n) is 9.93. The van der Waals surface area contributed by atoms with E-state index in [2.05, 4.69) is 15.5 Å². The molecule has 0 fully saturated rings. The summed E-state index contributed by atoms with van der Waals surface area (Å²) in [6, 6.07) is 13.0. The number of hydrogen-bond acceptors (Lipinski definition) is 4. The standard InChI is InChI=1S/C23H30FN3O3/c1-23(2,3)30-22(29)25-13-6-14-27(4)16-17-7-5-8-20(15-17)26-21(28)18-9-11-19(24)12-10-18/h5,7-12,15H,6,13-14,16H2,1-4H3,(H,25,29)(H,26,28). The van der Waals surface area contributed by atoms with Crippen molar-refractivity contribution in [3.8, 4) is 0 Å². The Bertz CT molecular complexity index is 848. The van der Waals surface area contributed by atoms with Crippen molar-refractivity contribution in [2.75, 3.05) is 25.5 Å². The second-order valence-electron chi connectivity index (χ2n) is 8.18. The largest absolute Gasteiger partial charge is 0.444 e. The number of anilines is 1. The highest BCUT2D eigenvalue weighted by Crippen LogP contribution is 2.14. The summed E-state index contributed by atoms with van der Waals surface area (Å²) in [4.78, 5) is 26.1. The van der Waals surface area contributed by atoms with Gasteiger partial charge in [-0.2, -0.15) is 0 Å². The third kappa shape index (κ3) is 8.61. The third-order valence-corrected chi connectivity index (χ3v) is 4.13. The van der Waals surface area contributed by atoms with Crippen LogP contribution in [-0.2, 0) is 11.3 Å². The average molecular weight is 416 g/mol. The van der Waals surface area contributed by atoms with Crippen LogP contribution in [0.25, 0.3) is 0 Å². The molecule has 2 rings (SSSR count). The van der Waals surface area contributed by atoms with E-state index in [0.29, 0.717) is 24.3 Å². The van der Waals surface area contributed by atoms with Gasteiger partial charge in [0, 0.05) is 24.3 Å². The predicted octanol–water partition coefficient (Wildman–Crippen LogP) is 4.42. The Morgan fingerprint density at radius 1 is 1.10 bits per heavy atom. The van der Waals surface area contributed by atoms with E-state index in [9.17, 15) is 14.0 Å². The van der Waals surface area contributed by atoms with Crippen molar-refractivity contribution >= 4 is 17.7 Å². The topological polar surface area (TPSA) is 70.7 Å². The van der Waals surface area contributed by atoms with Gasteiger partial charge in [-0.05, 0) is 82.7 Å². The molecule has 0 unspecified atom stereocenters. The van der Waals surface area contributed by atoms with E-state index in [1.807, 2.05) is 52.1 Å². The number of hydrogen-bond donors (Lipinski definition) is 2. The number of nitrogens with one attached hydrogen (secondary N) is 2. The number of carbonyl (C=O) groups is 2. The van der Waals surface area contributed by atoms with Crippen molar-refractivity contribution in [2.45, 2.75) is 39.3 Å². The Morgan fingerprint density at radius 3 is 2.47 bits per heavy atom. The van der Waals surface area contributed by atoms with Crippen LogP contribution in [0.2, 0.25) is 0 Å². The molecule has 0 radical (unpaired) electrons. The van der Waals surface area contributed by atoms with Crippen molar-refractivity contribution in [3.63, 3.8) is 0 Å². The summed E-state index contributed by atoms with van der Waals surface area (Å²) in [5, 5.41) is 5.58. The molecule has 2 aromatic carbocycles. The number of nitrogens with zero attached hydrogens (tertiary/aromatic N) is 1. The third-order valence-electron chi connectivity index (χ3n) is 4.13. The zero-order valence-electron chi connectivity index (χ0n) is 18.0. The van der Waals surface area contributed by atoms with Crippen LogP contribution in [0, 0.1) is 5.82 Å². The van der Waals surface area contributed by atoms with Crippen molar-refractivity contribution in [1.82, 2.24) is 10.2 Å². The van der Waals surface area contributed by atoms with E-state index >= 15 is 0 Å². The van der Waals surface area contributed by atoms with Gasteiger partial charge in [-0.1, -0.05) is 12.1 Å². The maximum absolute atomic E-state index is 13.0. The first-order valence-corrected chi connectivity index (χ1v) is 9.93. The molecule has 162 valence electrons. The summed E-state index contributed by atoms with van der Waals surface area (Å²) in [7, 11) is 2.00. The summed E-state index contributed by atoms with van der Waals surface area (Å²) in [6.45, 7) is 7.52. The van der Waals surface area contributed by atoms with Crippen LogP contribution in [0.15, 0.2) is 48.5 Å². The predicted molar refractivity (Wildman–Crippen MR) is 116 cm³/mol. The highest BCUT2D eigenvalue weighted by Gasteiger charge is 2.15. The lowest BCUT2D eigenvalue weighted by Gasteiger charge is -2.20. The molecule has 0 aromatic heterocycles. The molecule has 0 aliphatic rings. The van der Waals surface area contributed by atoms with Crippen molar-refractivity contribution < 1.29 is 18.7 Å². The van der Waals surface area contributed by atoms with Gasteiger partial charge in [0.05, 0.1) is 0 Å². The lowest BCUT2D eigenvalue weighted by molar-refractivity contribution is 0.0525. The number of benzene rings is 2. The Hall–Kier alpha value is -2.93. The zero-order valence-corrected chi connectivity index (χ0v) is 18.0. The highest BCUT2D eigenvalue weighted by atomic mass is 19.1. The van der Waals surface area contributed by atoms with Gasteiger partial charge in [-0.25, -0.2) is 9.18 Å². The molecule has 30 heavy (non-hydrogen) atoms. The van der Waals surface area contributed by atoms with Crippen molar-refractivity contribution in [2.24, 2.45) is 0 Å². The fourth-order valence-corrected chi connectivity index (χ4v) is 2.80. The summed E-state index contributed by atoms with van der Waals surface area (Å²) < 4.78 is 18.2. The summed E-state index contributed by atoms with van der Waals surface area (Å²) in [6.07, 6.45) is 0.381. The first-order chi connectivity index (χ1) is 14.1. The molecule has 7 heteroatoms. The molecule has 0 heterocycles. The molecular weight excluding hydrogens is 385 g/mol. The molecule has 0 spiro atoms. The quantitative estimate of drug-likeness (QED) is 0.626. The fourth-order valence-electron chi connectivity index (χ4n) is 2.80. The van der Waals surface area contributed by atoms with Crippen LogP contribution in [0.1, 0.15) is 43.1 Å². The molecule has 0 saturated carbocycles. The minimum atomic E-state index is -0.502. The van der Waals surface area contributed by atoms with Gasteiger partial charge < -0.3 is 20.3 Å². The maximum atomic E-state index is 13.0. The minimum absolute atomic E-state index is 0.284. The van der Waals surface area contributed by atoms with E-state index in [1.165, 1.54) is 24.3 Å². The Morgan fingerprint density at radius 2 is 1.80 bits per heavy atom. The molecule has 0 aliphatic heterocycles. The number of rotatable bonds is 8. The minimum Gasteiger partial charge on any atom is -0.444 e. The van der Waals surface area contributed by atoms with Gasteiger partial charge in [0.1, 0.15) is 11.4 Å². The van der Waals surface area contributed by atoms with Crippen LogP contribution >= 0.6 is 0 Å². The normalized spacial score (nSPS) is 11.3. The number of amides is 2. The number of carbonyl (C=O) groups excluding carboxylic acids is 2. The molecule has 0 atom stereocenters. The van der Waals surface area contributed by atoms with E-state index in [1.54, 1.807) is 0 Å². The lowest BCUT2D eigenvalue weighted by atomic mass is 10.1. The van der Waals surface area contributed by atoms with Gasteiger partial charge in [0.2, 0.25) is 0 Å². The van der Waals surface area contributed by atoms with Crippen LogP contribution in [-0.4, -0.2) is 42.6 Å². The van der Waals surface area contributed by atoms with E-state index in [0.717, 1.165) is 18.5 Å². The Balaban J connectivity index is 1.78. The second kappa shape index (κ2) is 10.7. The summed E-state index contributed by atoms with van der Waals surface area (Å²) >= 11 is 0. The van der Waals surface area contributed by atoms with E-state index in [-0.39, 0.29) is 11.7 Å². The van der Waals surface area contributed by atoms with Crippen molar-refractivity contribution in [1.29, 1.82) is 0 Å². The number of ether oxygens (including phenoxy) is 1. The van der Waals surface area contributed by atoms with Crippen molar-refractivity contribution in [3.05, 3.63) is 65.5 Å². The molecule has 2 aromatic rings. The molecule has 2 amide bonds. The van der Waals surface area contributed by atoms with Gasteiger partial charge in [0.25, 0.3) is 5.91 Å². The lowest BCUT2D eigenvalue weighted by Crippen LogP contribution is -2.34. The fraction of sp³-hybridized carbons (Fsp3) is 0.391. The summed E-state index contributed by atoms with van der Waals surface area (Å²) in [5.41, 5.74) is 1.63. The van der Waals surface area contributed by atoms with E-state index < -0.39 is 11.7 Å². The average Bonchev–Trinajstić information content (AvgIpc) is 2.64. The van der Waals surface area contributed by atoms with Crippen LogP contribution in [0.4, 0.5) is 14.9 Å². The smallest absolute Gasteiger partial charge is 0.407 e. The Kier molecular flexibility index (Phi) is 8.35. The SMILES string of the molecule is CN(CCCNC(=O)OC(C)(C)C)Cc1cccc(NC(=O)c2ccc(F)cc2)c1. The van der Waals surface area contributed by atoms with Gasteiger partial charge >= 0.3 is 6.09 Å². The van der Waals surface area contributed by atoms with Gasteiger partial charge in [0.15, 0.2) is 0 Å². The number of halogens is 1. The van der Waals surface area contributed by atoms with Crippen LogP contribution in [0.5, 0.6) is 0 Å². The monoisotopic (exact) mass is 415 g/mol. The van der Waals surface area contributed by atoms with Gasteiger partial charge in [-0.15, -0.1) is 0 Å². The first kappa shape index (κ1) is 23.3. The van der Waals surface area contributed by atoms with Gasteiger partial charge in [-0.3, -0.25) is 4.79 Å². The maximum Gasteiger partial charge on any atom is 0.407 e. The molecule has 2 N–H and O–H groups in total. The van der Waals surface area contributed by atoms with Crippen LogP contribution < -0.4 is 10.6 Å². The Labute approximate surface area is 177 Å². The highest BCUT2D eigenvalue weighted by molar-refractivity contribution is 6.04. The molecule has 0 aliphatic carbocycles. The second-order valence-corrected chi connectivity index (χ2v) is 8.18. The molecule has 0 bridgehead atoms. The van der Waals surface area contributed by atoms with Crippen LogP contribution in [0.3, 0.4) is 0 Å². The number of alkyl carbamates (subject to hydrolysis) is 1. The molecular formula is C23H30FN3O3. The molecule has 0 saturated heterocycles. The van der Waals surface area contributed by atoms with E-state index in [4.69, 9.17) is 4.74 Å². The zero-order chi connectivity index (χ0) is 22.1. The summed E-state index contributed by atoms with van der Waals surface area (Å²) in [5.74, 6) is -0.661.